The molecule has 5 rings (SSSR count). The second kappa shape index (κ2) is 8.42. The number of benzene rings is 1. The van der Waals surface area contributed by atoms with Crippen molar-refractivity contribution in [3.63, 3.8) is 0 Å². The first-order valence-corrected chi connectivity index (χ1v) is 13.4. The van der Waals surface area contributed by atoms with Crippen LogP contribution in [0.4, 0.5) is 10.1 Å². The molecule has 178 valence electrons. The van der Waals surface area contributed by atoms with Gasteiger partial charge in [-0.05, 0) is 38.3 Å². The molecule has 2 aliphatic rings. The number of aryl methyl sites for hydroxylation is 1. The monoisotopic (exact) mass is 504 g/mol. The van der Waals surface area contributed by atoms with Crippen molar-refractivity contribution < 1.29 is 17.6 Å². The number of likely N-dealkylation sites (tertiary alicyclic amines) is 1. The molecule has 1 aliphatic carbocycles. The van der Waals surface area contributed by atoms with Crippen LogP contribution < -0.4 is 4.72 Å². The van der Waals surface area contributed by atoms with Gasteiger partial charge >= 0.3 is 0 Å². The fourth-order valence-electron chi connectivity index (χ4n) is 4.48. The zero-order valence-electron chi connectivity index (χ0n) is 18.8. The Morgan fingerprint density at radius 2 is 2.00 bits per heavy atom. The SMILES string of the molecule is Cc1cc(C2[CH+]C2)nc2cc([C@@H]3CCCCN3C(=O)c3cc(Cl)c(F)cc3NS(C)(=O)=O)nn12. The highest BCUT2D eigenvalue weighted by Gasteiger charge is 2.39. The summed E-state index contributed by atoms with van der Waals surface area (Å²) in [5.41, 5.74) is 3.28. The van der Waals surface area contributed by atoms with Crippen LogP contribution in [0.2, 0.25) is 5.02 Å². The molecule has 1 saturated carbocycles. The molecule has 1 N–H and O–H groups in total. The van der Waals surface area contributed by atoms with E-state index in [1.807, 2.05) is 19.1 Å². The molecular formula is C23H24ClFN5O3S+. The normalized spacial score (nSPS) is 20.3. The molecule has 0 spiro atoms. The number of amides is 1. The van der Waals surface area contributed by atoms with E-state index in [1.54, 1.807) is 9.42 Å². The number of halogens is 2. The lowest BCUT2D eigenvalue weighted by Crippen LogP contribution is -2.39. The van der Waals surface area contributed by atoms with Crippen LogP contribution in [0.15, 0.2) is 24.3 Å². The van der Waals surface area contributed by atoms with Crippen LogP contribution in [0, 0.1) is 19.2 Å². The first-order valence-electron chi connectivity index (χ1n) is 11.1. The van der Waals surface area contributed by atoms with E-state index in [9.17, 15) is 17.6 Å². The van der Waals surface area contributed by atoms with Gasteiger partial charge < -0.3 is 4.90 Å². The summed E-state index contributed by atoms with van der Waals surface area (Å²) in [5, 5.41) is 4.49. The van der Waals surface area contributed by atoms with Gasteiger partial charge in [0.25, 0.3) is 5.91 Å². The minimum atomic E-state index is -3.74. The van der Waals surface area contributed by atoms with Crippen LogP contribution in [0.3, 0.4) is 0 Å². The molecule has 0 radical (unpaired) electrons. The van der Waals surface area contributed by atoms with Crippen molar-refractivity contribution in [1.29, 1.82) is 0 Å². The zero-order valence-corrected chi connectivity index (χ0v) is 20.3. The Balaban J connectivity index is 1.53. The first-order chi connectivity index (χ1) is 16.1. The van der Waals surface area contributed by atoms with Gasteiger partial charge in [0.05, 0.1) is 46.4 Å². The molecule has 8 nitrogen and oxygen atoms in total. The Labute approximate surface area is 202 Å². The highest BCUT2D eigenvalue weighted by Crippen LogP contribution is 2.39. The number of carbonyl (C=O) groups excluding carboxylic acids is 1. The molecule has 2 fully saturated rings. The second-order valence-electron chi connectivity index (χ2n) is 8.94. The molecule has 1 aromatic carbocycles. The maximum atomic E-state index is 14.1. The molecule has 0 bridgehead atoms. The van der Waals surface area contributed by atoms with Crippen LogP contribution >= 0.6 is 11.6 Å². The number of nitrogens with zero attached hydrogens (tertiary/aromatic N) is 4. The van der Waals surface area contributed by atoms with E-state index in [2.05, 4.69) is 11.1 Å². The fourth-order valence-corrected chi connectivity index (χ4v) is 5.21. The summed E-state index contributed by atoms with van der Waals surface area (Å²) >= 11 is 5.96. The van der Waals surface area contributed by atoms with E-state index in [-0.39, 0.29) is 22.3 Å². The lowest BCUT2D eigenvalue weighted by Gasteiger charge is -2.35. The second-order valence-corrected chi connectivity index (χ2v) is 11.1. The molecule has 34 heavy (non-hydrogen) atoms. The number of hydrogen-bond acceptors (Lipinski definition) is 5. The lowest BCUT2D eigenvalue weighted by molar-refractivity contribution is 0.0607. The summed E-state index contributed by atoms with van der Waals surface area (Å²) in [5.74, 6) is -0.864. The number of aromatic nitrogens is 3. The number of fused-ring (bicyclic) bond motifs is 1. The summed E-state index contributed by atoms with van der Waals surface area (Å²) in [6.07, 6.45) is 6.57. The Hall–Kier alpha value is -2.85. The van der Waals surface area contributed by atoms with E-state index >= 15 is 0 Å². The number of piperidine rings is 1. The summed E-state index contributed by atoms with van der Waals surface area (Å²) in [4.78, 5) is 20.1. The minimum Gasteiger partial charge on any atom is -0.330 e. The van der Waals surface area contributed by atoms with Gasteiger partial charge in [-0.2, -0.15) is 5.10 Å². The highest BCUT2D eigenvalue weighted by atomic mass is 35.5. The Morgan fingerprint density at radius 3 is 2.71 bits per heavy atom. The third-order valence-corrected chi connectivity index (χ3v) is 7.07. The van der Waals surface area contributed by atoms with Crippen molar-refractivity contribution >= 4 is 38.9 Å². The van der Waals surface area contributed by atoms with Gasteiger partial charge in [-0.25, -0.2) is 22.3 Å². The van der Waals surface area contributed by atoms with Gasteiger partial charge in [0.15, 0.2) is 11.6 Å². The van der Waals surface area contributed by atoms with E-state index in [0.717, 1.165) is 48.6 Å². The van der Waals surface area contributed by atoms with Crippen molar-refractivity contribution in [1.82, 2.24) is 19.5 Å². The molecule has 2 atom stereocenters. The zero-order chi connectivity index (χ0) is 24.2. The third-order valence-electron chi connectivity index (χ3n) is 6.19. The Morgan fingerprint density at radius 1 is 1.24 bits per heavy atom. The van der Waals surface area contributed by atoms with Crippen molar-refractivity contribution in [3.05, 3.63) is 64.2 Å². The predicted octanol–water partition coefficient (Wildman–Crippen LogP) is 4.26. The predicted molar refractivity (Wildman–Crippen MR) is 127 cm³/mol. The van der Waals surface area contributed by atoms with Gasteiger partial charge in [0.1, 0.15) is 12.2 Å². The van der Waals surface area contributed by atoms with Crippen molar-refractivity contribution in [2.75, 3.05) is 17.5 Å². The topological polar surface area (TPSA) is 96.7 Å². The lowest BCUT2D eigenvalue weighted by atomic mass is 9.98. The molecular weight excluding hydrogens is 481 g/mol. The Kier molecular flexibility index (Phi) is 5.68. The van der Waals surface area contributed by atoms with Gasteiger partial charge in [0.2, 0.25) is 10.0 Å². The highest BCUT2D eigenvalue weighted by molar-refractivity contribution is 7.92. The molecule has 1 amide bonds. The number of hydrogen-bond donors (Lipinski definition) is 1. The average molecular weight is 505 g/mol. The standard InChI is InChI=1S/C23H23ClFN5O3S/c1-13-9-18(14-6-7-14)26-22-12-20(27-30(13)22)21-5-3-4-8-29(21)23(31)15-10-16(24)17(25)11-19(15)28-34(2,32)33/h6,9-12,14,21H,3-5,7-8H2,1-2H3/p+1/t14?,21-/m0/s1. The quantitative estimate of drug-likeness (QED) is 0.524. The molecule has 3 aromatic rings. The van der Waals surface area contributed by atoms with Crippen LogP contribution in [0.25, 0.3) is 5.65 Å². The summed E-state index contributed by atoms with van der Waals surface area (Å²) in [6, 6.07) is 5.72. The molecule has 1 unspecified atom stereocenters. The number of nitrogens with one attached hydrogen (secondary N) is 1. The fraction of sp³-hybridized carbons (Fsp3) is 0.391. The molecule has 3 heterocycles. The van der Waals surface area contributed by atoms with E-state index in [4.69, 9.17) is 21.7 Å². The van der Waals surface area contributed by atoms with Crippen molar-refractivity contribution in [2.24, 2.45) is 0 Å². The molecule has 1 aliphatic heterocycles. The summed E-state index contributed by atoms with van der Waals surface area (Å²) in [7, 11) is -3.74. The number of sulfonamides is 1. The summed E-state index contributed by atoms with van der Waals surface area (Å²) in [6.45, 7) is 2.43. The smallest absolute Gasteiger partial charge is 0.256 e. The minimum absolute atomic E-state index is 0.00616. The van der Waals surface area contributed by atoms with Gasteiger partial charge in [-0.3, -0.25) is 9.52 Å². The number of anilines is 1. The van der Waals surface area contributed by atoms with Crippen LogP contribution in [-0.4, -0.2) is 46.6 Å². The molecule has 1 saturated heterocycles. The van der Waals surface area contributed by atoms with Crippen LogP contribution in [0.5, 0.6) is 0 Å². The van der Waals surface area contributed by atoms with Crippen molar-refractivity contribution in [3.8, 4) is 0 Å². The van der Waals surface area contributed by atoms with E-state index < -0.39 is 21.7 Å². The number of carbonyl (C=O) groups is 1. The largest absolute Gasteiger partial charge is 0.330 e. The van der Waals surface area contributed by atoms with Gasteiger partial charge in [0, 0.05) is 24.4 Å². The van der Waals surface area contributed by atoms with Crippen molar-refractivity contribution in [2.45, 2.75) is 44.6 Å². The van der Waals surface area contributed by atoms with Crippen LogP contribution in [0.1, 0.15) is 65.1 Å². The van der Waals surface area contributed by atoms with Gasteiger partial charge in [-0.15, -0.1) is 0 Å². The first kappa shape index (κ1) is 22.9. The van der Waals surface area contributed by atoms with Crippen LogP contribution in [-0.2, 0) is 10.0 Å². The molecule has 2 aromatic heterocycles. The number of rotatable bonds is 5. The maximum Gasteiger partial charge on any atom is 0.256 e. The van der Waals surface area contributed by atoms with E-state index in [0.29, 0.717) is 24.6 Å². The molecule has 11 heteroatoms. The average Bonchev–Trinajstić information content (AvgIpc) is 3.53. The Bertz CT molecular complexity index is 1400. The van der Waals surface area contributed by atoms with E-state index in [1.165, 1.54) is 6.07 Å². The summed E-state index contributed by atoms with van der Waals surface area (Å²) < 4.78 is 41.8. The maximum absolute atomic E-state index is 14.1. The third kappa shape index (κ3) is 4.44. The van der Waals surface area contributed by atoms with Gasteiger partial charge in [-0.1, -0.05) is 11.6 Å².